The van der Waals surface area contributed by atoms with E-state index in [9.17, 15) is 0 Å². The van der Waals surface area contributed by atoms with Crippen molar-refractivity contribution < 1.29 is 4.74 Å². The first kappa shape index (κ1) is 12.9. The maximum absolute atomic E-state index is 5.30. The summed E-state index contributed by atoms with van der Waals surface area (Å²) in [6.07, 6.45) is 2.73. The molecule has 1 aromatic carbocycles. The van der Waals surface area contributed by atoms with Crippen LogP contribution in [0.15, 0.2) is 30.3 Å². The Morgan fingerprint density at radius 1 is 1.41 bits per heavy atom. The van der Waals surface area contributed by atoms with Crippen molar-refractivity contribution in [3.8, 4) is 0 Å². The van der Waals surface area contributed by atoms with E-state index in [2.05, 4.69) is 47.4 Å². The molecule has 2 unspecified atom stereocenters. The van der Waals surface area contributed by atoms with Gasteiger partial charge in [-0.05, 0) is 24.2 Å². The summed E-state index contributed by atoms with van der Waals surface area (Å²) in [7, 11) is 1.77. The summed E-state index contributed by atoms with van der Waals surface area (Å²) in [6.45, 7) is 1.83. The first-order valence-electron chi connectivity index (χ1n) is 6.29. The molecule has 0 radical (unpaired) electrons. The molecule has 3 heteroatoms. The van der Waals surface area contributed by atoms with Crippen molar-refractivity contribution in [1.82, 2.24) is 5.32 Å². The van der Waals surface area contributed by atoms with Gasteiger partial charge in [-0.15, -0.1) is 0 Å². The standard InChI is InChI=1S/C14H21NOS/c1-16-11-14(12-6-3-2-4-7-12)15-10-13-8-5-9-17-13/h2-4,6-7,13-15H,5,8-11H2,1H3. The van der Waals surface area contributed by atoms with Gasteiger partial charge < -0.3 is 10.1 Å². The molecular weight excluding hydrogens is 230 g/mol. The molecule has 0 spiro atoms. The largest absolute Gasteiger partial charge is 0.383 e. The Balaban J connectivity index is 1.88. The zero-order valence-electron chi connectivity index (χ0n) is 10.4. The molecule has 0 aromatic heterocycles. The van der Waals surface area contributed by atoms with Crippen molar-refractivity contribution in [3.63, 3.8) is 0 Å². The molecular formula is C14H21NOS. The average Bonchev–Trinajstić information content (AvgIpc) is 2.88. The number of ether oxygens (including phenoxy) is 1. The van der Waals surface area contributed by atoms with Crippen LogP contribution in [0.3, 0.4) is 0 Å². The summed E-state index contributed by atoms with van der Waals surface area (Å²) in [4.78, 5) is 0. The molecule has 94 valence electrons. The quantitative estimate of drug-likeness (QED) is 0.840. The lowest BCUT2D eigenvalue weighted by Crippen LogP contribution is -2.30. The predicted octanol–water partition coefficient (Wildman–Crippen LogP) is 2.86. The number of hydrogen-bond donors (Lipinski definition) is 1. The van der Waals surface area contributed by atoms with Gasteiger partial charge >= 0.3 is 0 Å². The topological polar surface area (TPSA) is 21.3 Å². The lowest BCUT2D eigenvalue weighted by Gasteiger charge is -2.20. The Morgan fingerprint density at radius 2 is 2.24 bits per heavy atom. The van der Waals surface area contributed by atoms with Crippen molar-refractivity contribution in [2.45, 2.75) is 24.1 Å². The van der Waals surface area contributed by atoms with Crippen LogP contribution in [0.5, 0.6) is 0 Å². The summed E-state index contributed by atoms with van der Waals surface area (Å²) >= 11 is 2.09. The van der Waals surface area contributed by atoms with Crippen molar-refractivity contribution in [3.05, 3.63) is 35.9 Å². The SMILES string of the molecule is COCC(NCC1CCCS1)c1ccccc1. The van der Waals surface area contributed by atoms with Crippen molar-refractivity contribution in [2.24, 2.45) is 0 Å². The molecule has 0 saturated carbocycles. The van der Waals surface area contributed by atoms with E-state index in [4.69, 9.17) is 4.74 Å². The molecule has 2 atom stereocenters. The molecule has 1 aliphatic heterocycles. The van der Waals surface area contributed by atoms with E-state index in [0.29, 0.717) is 6.04 Å². The fraction of sp³-hybridized carbons (Fsp3) is 0.571. The first-order valence-corrected chi connectivity index (χ1v) is 7.34. The number of thioether (sulfide) groups is 1. The molecule has 0 aliphatic carbocycles. The van der Waals surface area contributed by atoms with Crippen LogP contribution < -0.4 is 5.32 Å². The smallest absolute Gasteiger partial charge is 0.0657 e. The number of methoxy groups -OCH3 is 1. The summed E-state index contributed by atoms with van der Waals surface area (Å²) in [5, 5.41) is 4.42. The van der Waals surface area contributed by atoms with Crippen LogP contribution in [-0.2, 0) is 4.74 Å². The van der Waals surface area contributed by atoms with E-state index < -0.39 is 0 Å². The number of rotatable bonds is 6. The molecule has 1 aromatic rings. The van der Waals surface area contributed by atoms with Gasteiger partial charge in [0.2, 0.25) is 0 Å². The molecule has 1 fully saturated rings. The normalized spacial score (nSPS) is 21.6. The summed E-state index contributed by atoms with van der Waals surface area (Å²) < 4.78 is 5.30. The predicted molar refractivity (Wildman–Crippen MR) is 74.5 cm³/mol. The first-order chi connectivity index (χ1) is 8.40. The fourth-order valence-electron chi connectivity index (χ4n) is 2.20. The van der Waals surface area contributed by atoms with Crippen molar-refractivity contribution in [2.75, 3.05) is 26.0 Å². The summed E-state index contributed by atoms with van der Waals surface area (Å²) in [5.41, 5.74) is 1.32. The van der Waals surface area contributed by atoms with Crippen LogP contribution in [-0.4, -0.2) is 31.3 Å². The lowest BCUT2D eigenvalue weighted by molar-refractivity contribution is 0.167. The molecule has 17 heavy (non-hydrogen) atoms. The Labute approximate surface area is 108 Å². The van der Waals surface area contributed by atoms with Crippen molar-refractivity contribution >= 4 is 11.8 Å². The highest BCUT2D eigenvalue weighted by Crippen LogP contribution is 2.26. The van der Waals surface area contributed by atoms with Gasteiger partial charge in [0.25, 0.3) is 0 Å². The molecule has 2 nitrogen and oxygen atoms in total. The zero-order valence-corrected chi connectivity index (χ0v) is 11.2. The number of hydrogen-bond acceptors (Lipinski definition) is 3. The van der Waals surface area contributed by atoms with Gasteiger partial charge in [-0.1, -0.05) is 30.3 Å². The van der Waals surface area contributed by atoms with Crippen LogP contribution in [0.1, 0.15) is 24.4 Å². The van der Waals surface area contributed by atoms with Crippen LogP contribution in [0.25, 0.3) is 0 Å². The van der Waals surface area contributed by atoms with Gasteiger partial charge in [0.05, 0.1) is 12.6 Å². The Kier molecular flexibility index (Phi) is 5.36. The monoisotopic (exact) mass is 251 g/mol. The van der Waals surface area contributed by atoms with Gasteiger partial charge in [-0.3, -0.25) is 0 Å². The third kappa shape index (κ3) is 4.02. The molecule has 1 heterocycles. The van der Waals surface area contributed by atoms with Crippen LogP contribution in [0, 0.1) is 0 Å². The third-order valence-electron chi connectivity index (χ3n) is 3.15. The highest BCUT2D eigenvalue weighted by atomic mass is 32.2. The van der Waals surface area contributed by atoms with E-state index in [1.807, 2.05) is 0 Å². The van der Waals surface area contributed by atoms with Gasteiger partial charge in [0, 0.05) is 18.9 Å². The van der Waals surface area contributed by atoms with Gasteiger partial charge in [0.15, 0.2) is 0 Å². The molecule has 0 bridgehead atoms. The summed E-state index contributed by atoms with van der Waals surface area (Å²) in [5.74, 6) is 1.33. The molecule has 1 N–H and O–H groups in total. The highest BCUT2D eigenvalue weighted by Gasteiger charge is 2.18. The van der Waals surface area contributed by atoms with E-state index >= 15 is 0 Å². The number of nitrogens with one attached hydrogen (secondary N) is 1. The van der Waals surface area contributed by atoms with Crippen LogP contribution >= 0.6 is 11.8 Å². The second-order valence-corrected chi connectivity index (χ2v) is 5.87. The third-order valence-corrected chi connectivity index (χ3v) is 4.55. The minimum atomic E-state index is 0.322. The second-order valence-electron chi connectivity index (χ2n) is 4.46. The molecule has 1 aliphatic rings. The van der Waals surface area contributed by atoms with Crippen LogP contribution in [0.4, 0.5) is 0 Å². The minimum Gasteiger partial charge on any atom is -0.383 e. The number of benzene rings is 1. The second kappa shape index (κ2) is 7.04. The minimum absolute atomic E-state index is 0.322. The lowest BCUT2D eigenvalue weighted by atomic mass is 10.1. The maximum Gasteiger partial charge on any atom is 0.0657 e. The Bertz CT molecular complexity index is 311. The Morgan fingerprint density at radius 3 is 2.88 bits per heavy atom. The Hall–Kier alpha value is -0.510. The molecule has 1 saturated heterocycles. The molecule has 2 rings (SSSR count). The van der Waals surface area contributed by atoms with E-state index in [0.717, 1.165) is 18.4 Å². The van der Waals surface area contributed by atoms with Gasteiger partial charge in [0.1, 0.15) is 0 Å². The molecule has 0 amide bonds. The maximum atomic E-state index is 5.30. The van der Waals surface area contributed by atoms with Crippen LogP contribution in [0.2, 0.25) is 0 Å². The summed E-state index contributed by atoms with van der Waals surface area (Å²) in [6, 6.07) is 10.9. The van der Waals surface area contributed by atoms with Crippen molar-refractivity contribution in [1.29, 1.82) is 0 Å². The fourth-order valence-corrected chi connectivity index (χ4v) is 3.42. The zero-order chi connectivity index (χ0) is 11.9. The van der Waals surface area contributed by atoms with E-state index in [1.165, 1.54) is 24.2 Å². The van der Waals surface area contributed by atoms with Gasteiger partial charge in [-0.2, -0.15) is 11.8 Å². The highest BCUT2D eigenvalue weighted by molar-refractivity contribution is 8.00. The van der Waals surface area contributed by atoms with Gasteiger partial charge in [-0.25, -0.2) is 0 Å². The van der Waals surface area contributed by atoms with E-state index in [-0.39, 0.29) is 0 Å². The average molecular weight is 251 g/mol. The van der Waals surface area contributed by atoms with E-state index in [1.54, 1.807) is 7.11 Å².